The van der Waals surface area contributed by atoms with Gasteiger partial charge in [0.25, 0.3) is 0 Å². The Kier molecular flexibility index (Phi) is 4.17. The van der Waals surface area contributed by atoms with Crippen LogP contribution in [0.25, 0.3) is 11.1 Å². The van der Waals surface area contributed by atoms with E-state index in [2.05, 4.69) is 22.0 Å². The molecule has 2 aromatic carbocycles. The SMILES string of the molecule is COc1cccc(CN2CCC(c3nc4cc(Cl)ccc4o3)C2)c1. The number of oxazole rings is 1. The summed E-state index contributed by atoms with van der Waals surface area (Å²) in [4.78, 5) is 7.06. The van der Waals surface area contributed by atoms with Crippen molar-refractivity contribution in [2.24, 2.45) is 0 Å². The lowest BCUT2D eigenvalue weighted by Crippen LogP contribution is -2.19. The highest BCUT2D eigenvalue weighted by Gasteiger charge is 2.27. The van der Waals surface area contributed by atoms with Crippen LogP contribution in [0.15, 0.2) is 46.9 Å². The third-order valence-electron chi connectivity index (χ3n) is 4.53. The van der Waals surface area contributed by atoms with Crippen molar-refractivity contribution in [3.8, 4) is 5.75 Å². The molecule has 5 heteroatoms. The maximum atomic E-state index is 6.03. The summed E-state index contributed by atoms with van der Waals surface area (Å²) in [6.07, 6.45) is 1.06. The molecule has 0 spiro atoms. The number of ether oxygens (including phenoxy) is 1. The van der Waals surface area contributed by atoms with Gasteiger partial charge in [-0.05, 0) is 48.9 Å². The van der Waals surface area contributed by atoms with Crippen LogP contribution in [-0.2, 0) is 6.54 Å². The number of nitrogens with zero attached hydrogens (tertiary/aromatic N) is 2. The minimum atomic E-state index is 0.335. The quantitative estimate of drug-likeness (QED) is 0.700. The largest absolute Gasteiger partial charge is 0.497 e. The molecule has 1 saturated heterocycles. The molecule has 0 radical (unpaired) electrons. The van der Waals surface area contributed by atoms with Crippen LogP contribution in [0.2, 0.25) is 5.02 Å². The molecule has 0 N–H and O–H groups in total. The maximum Gasteiger partial charge on any atom is 0.199 e. The topological polar surface area (TPSA) is 38.5 Å². The van der Waals surface area contributed by atoms with E-state index in [0.717, 1.165) is 48.8 Å². The third-order valence-corrected chi connectivity index (χ3v) is 4.76. The number of hydrogen-bond acceptors (Lipinski definition) is 4. The highest BCUT2D eigenvalue weighted by molar-refractivity contribution is 6.31. The molecule has 1 aromatic heterocycles. The highest BCUT2D eigenvalue weighted by atomic mass is 35.5. The van der Waals surface area contributed by atoms with E-state index >= 15 is 0 Å². The van der Waals surface area contributed by atoms with Crippen molar-refractivity contribution >= 4 is 22.7 Å². The third kappa shape index (κ3) is 3.12. The summed E-state index contributed by atoms with van der Waals surface area (Å²) < 4.78 is 11.2. The fourth-order valence-corrected chi connectivity index (χ4v) is 3.47. The summed E-state index contributed by atoms with van der Waals surface area (Å²) in [6, 6.07) is 13.8. The number of likely N-dealkylation sites (tertiary alicyclic amines) is 1. The first kappa shape index (κ1) is 15.5. The molecule has 3 aromatic rings. The number of methoxy groups -OCH3 is 1. The molecule has 4 rings (SSSR count). The lowest BCUT2D eigenvalue weighted by atomic mass is 10.1. The van der Waals surface area contributed by atoms with Gasteiger partial charge < -0.3 is 9.15 Å². The number of hydrogen-bond donors (Lipinski definition) is 0. The Balaban J connectivity index is 1.47. The van der Waals surface area contributed by atoms with E-state index in [4.69, 9.17) is 20.8 Å². The van der Waals surface area contributed by atoms with Crippen LogP contribution in [-0.4, -0.2) is 30.1 Å². The van der Waals surface area contributed by atoms with Crippen LogP contribution in [0.3, 0.4) is 0 Å². The Morgan fingerprint density at radius 2 is 2.21 bits per heavy atom. The summed E-state index contributed by atoms with van der Waals surface area (Å²) >= 11 is 6.03. The van der Waals surface area contributed by atoms with Gasteiger partial charge in [-0.1, -0.05) is 23.7 Å². The molecule has 24 heavy (non-hydrogen) atoms. The summed E-state index contributed by atoms with van der Waals surface area (Å²) in [7, 11) is 1.70. The average molecular weight is 343 g/mol. The molecule has 124 valence electrons. The van der Waals surface area contributed by atoms with Gasteiger partial charge in [0.15, 0.2) is 11.5 Å². The summed E-state index contributed by atoms with van der Waals surface area (Å²) in [5.41, 5.74) is 2.91. The van der Waals surface area contributed by atoms with Gasteiger partial charge in [-0.3, -0.25) is 4.90 Å². The Labute approximate surface area is 146 Å². The van der Waals surface area contributed by atoms with Crippen LogP contribution >= 0.6 is 11.6 Å². The first-order valence-electron chi connectivity index (χ1n) is 8.12. The van der Waals surface area contributed by atoms with Gasteiger partial charge in [0.2, 0.25) is 0 Å². The van der Waals surface area contributed by atoms with Gasteiger partial charge in [-0.15, -0.1) is 0 Å². The summed E-state index contributed by atoms with van der Waals surface area (Å²) in [6.45, 7) is 2.92. The van der Waals surface area contributed by atoms with Gasteiger partial charge >= 0.3 is 0 Å². The monoisotopic (exact) mass is 342 g/mol. The number of fused-ring (bicyclic) bond motifs is 1. The zero-order valence-corrected chi connectivity index (χ0v) is 14.3. The number of benzene rings is 2. The summed E-state index contributed by atoms with van der Waals surface area (Å²) in [5, 5.41) is 0.688. The molecule has 0 saturated carbocycles. The predicted molar refractivity (Wildman–Crippen MR) is 94.6 cm³/mol. The van der Waals surface area contributed by atoms with Crippen LogP contribution in [0, 0.1) is 0 Å². The lowest BCUT2D eigenvalue weighted by Gasteiger charge is -2.15. The van der Waals surface area contributed by atoms with Crippen molar-refractivity contribution in [3.05, 3.63) is 58.9 Å². The second kappa shape index (κ2) is 6.46. The van der Waals surface area contributed by atoms with Gasteiger partial charge in [0, 0.05) is 24.0 Å². The molecule has 0 amide bonds. The fourth-order valence-electron chi connectivity index (χ4n) is 3.30. The van der Waals surface area contributed by atoms with E-state index in [1.807, 2.05) is 30.3 Å². The molecule has 1 fully saturated rings. The number of aromatic nitrogens is 1. The first-order chi connectivity index (χ1) is 11.7. The molecule has 1 atom stereocenters. The van der Waals surface area contributed by atoms with Gasteiger partial charge in [-0.25, -0.2) is 4.98 Å². The molecule has 2 heterocycles. The maximum absolute atomic E-state index is 6.03. The first-order valence-corrected chi connectivity index (χ1v) is 8.50. The van der Waals surface area contributed by atoms with E-state index < -0.39 is 0 Å². The zero-order chi connectivity index (χ0) is 16.5. The number of rotatable bonds is 4. The Bertz CT molecular complexity index is 861. The predicted octanol–water partition coefficient (Wildman–Crippen LogP) is 4.48. The Hall–Kier alpha value is -2.04. The van der Waals surface area contributed by atoms with E-state index in [1.54, 1.807) is 7.11 Å². The smallest absolute Gasteiger partial charge is 0.199 e. The van der Waals surface area contributed by atoms with E-state index in [-0.39, 0.29) is 0 Å². The average Bonchev–Trinajstić information content (AvgIpc) is 3.21. The Morgan fingerprint density at radius 3 is 3.08 bits per heavy atom. The fraction of sp³-hybridized carbons (Fsp3) is 0.316. The zero-order valence-electron chi connectivity index (χ0n) is 13.5. The second-order valence-corrected chi connectivity index (χ2v) is 6.67. The van der Waals surface area contributed by atoms with Crippen LogP contribution in [0.4, 0.5) is 0 Å². The molecule has 1 aliphatic rings. The van der Waals surface area contributed by atoms with Crippen molar-refractivity contribution < 1.29 is 9.15 Å². The van der Waals surface area contributed by atoms with Crippen LogP contribution in [0.1, 0.15) is 23.8 Å². The van der Waals surface area contributed by atoms with Crippen molar-refractivity contribution in [1.29, 1.82) is 0 Å². The second-order valence-electron chi connectivity index (χ2n) is 6.24. The minimum Gasteiger partial charge on any atom is -0.497 e. The van der Waals surface area contributed by atoms with Crippen molar-refractivity contribution in [2.75, 3.05) is 20.2 Å². The molecule has 0 aliphatic carbocycles. The van der Waals surface area contributed by atoms with E-state index in [0.29, 0.717) is 10.9 Å². The van der Waals surface area contributed by atoms with Crippen LogP contribution < -0.4 is 4.74 Å². The van der Waals surface area contributed by atoms with Gasteiger partial charge in [0.1, 0.15) is 11.3 Å². The van der Waals surface area contributed by atoms with E-state index in [9.17, 15) is 0 Å². The standard InChI is InChI=1S/C19H19ClN2O2/c1-23-16-4-2-3-13(9-16)11-22-8-7-14(12-22)19-21-17-10-15(20)5-6-18(17)24-19/h2-6,9-10,14H,7-8,11-12H2,1H3. The van der Waals surface area contributed by atoms with Gasteiger partial charge in [-0.2, -0.15) is 0 Å². The molecule has 0 bridgehead atoms. The van der Waals surface area contributed by atoms with Crippen molar-refractivity contribution in [3.63, 3.8) is 0 Å². The van der Waals surface area contributed by atoms with Crippen LogP contribution in [0.5, 0.6) is 5.75 Å². The minimum absolute atomic E-state index is 0.335. The normalized spacial score (nSPS) is 18.3. The van der Waals surface area contributed by atoms with Crippen molar-refractivity contribution in [1.82, 2.24) is 9.88 Å². The summed E-state index contributed by atoms with van der Waals surface area (Å²) in [5.74, 6) is 2.06. The number of halogens is 1. The molecule has 1 aliphatic heterocycles. The lowest BCUT2D eigenvalue weighted by molar-refractivity contribution is 0.320. The molecular formula is C19H19ClN2O2. The van der Waals surface area contributed by atoms with E-state index in [1.165, 1.54) is 5.56 Å². The highest BCUT2D eigenvalue weighted by Crippen LogP contribution is 2.31. The molecular weight excluding hydrogens is 324 g/mol. The molecule has 1 unspecified atom stereocenters. The van der Waals surface area contributed by atoms with Crippen molar-refractivity contribution in [2.45, 2.75) is 18.9 Å². The van der Waals surface area contributed by atoms with Gasteiger partial charge in [0.05, 0.1) is 7.11 Å². The molecule has 4 nitrogen and oxygen atoms in total. The Morgan fingerprint density at radius 1 is 1.29 bits per heavy atom.